The molecular formula is C9H13FN2O5S. The van der Waals surface area contributed by atoms with Crippen molar-refractivity contribution in [2.75, 3.05) is 12.8 Å². The van der Waals surface area contributed by atoms with Gasteiger partial charge in [0.05, 0.1) is 18.8 Å². The third-order valence-corrected chi connectivity index (χ3v) is 4.31. The largest absolute Gasteiger partial charge is 0.615 e. The van der Waals surface area contributed by atoms with Crippen LogP contribution in [0, 0.1) is 0 Å². The molecule has 2 amide bonds. The Morgan fingerprint density at radius 2 is 2.33 bits per heavy atom. The van der Waals surface area contributed by atoms with Crippen molar-refractivity contribution in [1.82, 2.24) is 9.96 Å². The van der Waals surface area contributed by atoms with Crippen LogP contribution in [0.1, 0.15) is 12.8 Å². The summed E-state index contributed by atoms with van der Waals surface area (Å²) in [7, 11) is 0. The number of fused-ring (bicyclic) bond motifs is 2. The number of hydrogen-bond donors (Lipinski definition) is 1. The zero-order valence-corrected chi connectivity index (χ0v) is 10.4. The van der Waals surface area contributed by atoms with Crippen LogP contribution in [-0.2, 0) is 20.8 Å². The molecule has 2 saturated heterocycles. The van der Waals surface area contributed by atoms with E-state index in [2.05, 4.69) is 4.84 Å². The molecule has 2 heterocycles. The predicted octanol–water partition coefficient (Wildman–Crippen LogP) is -0.0972. The van der Waals surface area contributed by atoms with Crippen molar-refractivity contribution in [2.24, 2.45) is 0 Å². The third kappa shape index (κ3) is 2.25. The van der Waals surface area contributed by atoms with Gasteiger partial charge in [0.15, 0.2) is 5.37 Å². The minimum atomic E-state index is -2.57. The van der Waals surface area contributed by atoms with E-state index in [1.807, 2.05) is 0 Å². The van der Waals surface area contributed by atoms with E-state index in [-0.39, 0.29) is 12.6 Å². The zero-order chi connectivity index (χ0) is 13.4. The molecule has 0 aliphatic carbocycles. The highest BCUT2D eigenvalue weighted by Crippen LogP contribution is 2.32. The first kappa shape index (κ1) is 13.4. The minimum absolute atomic E-state index is 0.287. The van der Waals surface area contributed by atoms with Crippen molar-refractivity contribution in [3.05, 3.63) is 0 Å². The van der Waals surface area contributed by atoms with E-state index in [4.69, 9.17) is 5.11 Å². The van der Waals surface area contributed by atoms with E-state index in [9.17, 15) is 18.5 Å². The van der Waals surface area contributed by atoms with Gasteiger partial charge >= 0.3 is 18.4 Å². The molecule has 2 rings (SSSR count). The number of carbonyl (C=O) groups excluding carboxylic acids is 1. The second-order valence-corrected chi connectivity index (χ2v) is 5.75. The average Bonchev–Trinajstić information content (AvgIpc) is 2.54. The van der Waals surface area contributed by atoms with Gasteiger partial charge < -0.3 is 9.66 Å². The first-order valence-electron chi connectivity index (χ1n) is 5.37. The Morgan fingerprint density at radius 3 is 2.89 bits per heavy atom. The Balaban J connectivity index is 2.08. The van der Waals surface area contributed by atoms with Crippen molar-refractivity contribution >= 4 is 23.2 Å². The second kappa shape index (κ2) is 4.90. The maximum absolute atomic E-state index is 13.0. The van der Waals surface area contributed by atoms with Gasteiger partial charge in [-0.15, -0.1) is 0 Å². The molecule has 0 radical (unpaired) electrons. The summed E-state index contributed by atoms with van der Waals surface area (Å²) in [4.78, 5) is 28.1. The number of carboxylic acid groups (broad SMARTS) is 1. The minimum Gasteiger partial charge on any atom is -0.615 e. The fraction of sp³-hybridized carbons (Fsp3) is 0.778. The lowest BCUT2D eigenvalue weighted by Gasteiger charge is -2.29. The summed E-state index contributed by atoms with van der Waals surface area (Å²) in [6.07, 6.45) is -0.0285. The Bertz CT molecular complexity index is 369. The van der Waals surface area contributed by atoms with Gasteiger partial charge in [0.2, 0.25) is 0 Å². The van der Waals surface area contributed by atoms with Crippen LogP contribution in [0.25, 0.3) is 0 Å². The lowest BCUT2D eigenvalue weighted by Crippen LogP contribution is -2.44. The normalized spacial score (nSPS) is 30.5. The molecule has 2 aliphatic rings. The number of halogens is 1. The number of carboxylic acids is 1. The second-order valence-electron chi connectivity index (χ2n) is 4.20. The maximum Gasteiger partial charge on any atom is 0.368 e. The fourth-order valence-corrected chi connectivity index (χ4v) is 3.23. The average molecular weight is 280 g/mol. The Morgan fingerprint density at radius 1 is 1.67 bits per heavy atom. The van der Waals surface area contributed by atoms with E-state index in [0.717, 1.165) is 5.06 Å². The molecule has 0 spiro atoms. The van der Waals surface area contributed by atoms with Crippen molar-refractivity contribution < 1.29 is 28.5 Å². The first-order chi connectivity index (χ1) is 8.41. The molecular weight excluding hydrogens is 267 g/mol. The van der Waals surface area contributed by atoms with Gasteiger partial charge in [-0.3, -0.25) is 4.90 Å². The highest BCUT2D eigenvalue weighted by molar-refractivity contribution is 7.91. The smallest absolute Gasteiger partial charge is 0.368 e. The fourth-order valence-electron chi connectivity index (χ4n) is 2.22. The van der Waals surface area contributed by atoms with Crippen molar-refractivity contribution in [3.63, 3.8) is 0 Å². The lowest BCUT2D eigenvalue weighted by molar-refractivity contribution is -0.223. The summed E-state index contributed by atoms with van der Waals surface area (Å²) < 4.78 is 24.4. The molecule has 1 N–H and O–H groups in total. The number of hydrogen-bond acceptors (Lipinski definition) is 4. The van der Waals surface area contributed by atoms with Crippen LogP contribution in [0.3, 0.4) is 0 Å². The highest BCUT2D eigenvalue weighted by Gasteiger charge is 2.50. The number of aliphatic carboxylic acids is 1. The van der Waals surface area contributed by atoms with Crippen LogP contribution < -0.4 is 0 Å². The lowest BCUT2D eigenvalue weighted by atomic mass is 10.1. The molecule has 0 aromatic rings. The van der Waals surface area contributed by atoms with Crippen LogP contribution in [0.4, 0.5) is 9.18 Å². The molecule has 0 saturated carbocycles. The van der Waals surface area contributed by atoms with Crippen LogP contribution in [-0.4, -0.2) is 62.2 Å². The Labute approximate surface area is 106 Å². The first-order valence-corrected chi connectivity index (χ1v) is 6.99. The molecule has 7 nitrogen and oxygen atoms in total. The number of alkyl halides is 1. The predicted molar refractivity (Wildman–Crippen MR) is 58.4 cm³/mol. The highest BCUT2D eigenvalue weighted by atomic mass is 32.2. The number of carbonyl (C=O) groups is 2. The van der Waals surface area contributed by atoms with Crippen molar-refractivity contribution in [3.8, 4) is 0 Å². The summed E-state index contributed by atoms with van der Waals surface area (Å²) in [5.41, 5.74) is 0. The van der Waals surface area contributed by atoms with E-state index in [1.54, 1.807) is 0 Å². The third-order valence-electron chi connectivity index (χ3n) is 3.05. The SMILES string of the molecule is C[S@@+]([O-])[C@@H]1CC[C@@H]2CN1C(=O)N2O[C@H](F)C(=O)O. The quantitative estimate of drug-likeness (QED) is 0.726. The van der Waals surface area contributed by atoms with Crippen LogP contribution in [0.15, 0.2) is 0 Å². The van der Waals surface area contributed by atoms with Gasteiger partial charge in [-0.2, -0.15) is 5.06 Å². The number of hydroxylamine groups is 2. The van der Waals surface area contributed by atoms with Gasteiger partial charge in [-0.25, -0.2) is 18.8 Å². The van der Waals surface area contributed by atoms with E-state index in [1.165, 1.54) is 11.2 Å². The Kier molecular flexibility index (Phi) is 3.64. The summed E-state index contributed by atoms with van der Waals surface area (Å²) >= 11 is -1.20. The number of urea groups is 1. The molecule has 2 fully saturated rings. The molecule has 4 atom stereocenters. The van der Waals surface area contributed by atoms with Crippen LogP contribution in [0.2, 0.25) is 0 Å². The standard InChI is InChI=1S/C9H13FN2O5S/c1-18(16)6-3-2-5-4-11(6)9(15)12(5)17-7(10)8(13)14/h5-7H,2-4H2,1H3,(H,13,14)/t5-,6-,7+,18-/m1/s1. The summed E-state index contributed by atoms with van der Waals surface area (Å²) in [5.74, 6) is -1.78. The number of rotatable bonds is 4. The van der Waals surface area contributed by atoms with Crippen LogP contribution >= 0.6 is 0 Å². The summed E-state index contributed by atoms with van der Waals surface area (Å²) in [5, 5.41) is 8.75. The van der Waals surface area contributed by atoms with Gasteiger partial charge in [0.1, 0.15) is 0 Å². The van der Waals surface area contributed by atoms with E-state index >= 15 is 0 Å². The summed E-state index contributed by atoms with van der Waals surface area (Å²) in [6.45, 7) is 0.287. The van der Waals surface area contributed by atoms with Gasteiger partial charge in [0, 0.05) is 6.42 Å². The number of amides is 2. The zero-order valence-electron chi connectivity index (χ0n) is 9.61. The Hall–Kier alpha value is -1.06. The number of nitrogens with zero attached hydrogens (tertiary/aromatic N) is 2. The maximum atomic E-state index is 13.0. The van der Waals surface area contributed by atoms with Gasteiger partial charge in [-0.1, -0.05) is 0 Å². The van der Waals surface area contributed by atoms with Crippen molar-refractivity contribution in [1.29, 1.82) is 0 Å². The van der Waals surface area contributed by atoms with E-state index < -0.39 is 34.9 Å². The van der Waals surface area contributed by atoms with Gasteiger partial charge in [-0.05, 0) is 17.6 Å². The molecule has 0 aromatic carbocycles. The molecule has 2 bridgehead atoms. The summed E-state index contributed by atoms with van der Waals surface area (Å²) in [6, 6.07) is -1.00. The topological polar surface area (TPSA) is 93.1 Å². The van der Waals surface area contributed by atoms with Crippen molar-refractivity contribution in [2.45, 2.75) is 30.6 Å². The molecule has 0 unspecified atom stereocenters. The van der Waals surface area contributed by atoms with E-state index in [0.29, 0.717) is 12.8 Å². The van der Waals surface area contributed by atoms with Crippen LogP contribution in [0.5, 0.6) is 0 Å². The monoisotopic (exact) mass is 280 g/mol. The number of piperidine rings is 1. The van der Waals surface area contributed by atoms with Gasteiger partial charge in [0.25, 0.3) is 0 Å². The molecule has 102 valence electrons. The molecule has 9 heteroatoms. The molecule has 18 heavy (non-hydrogen) atoms. The molecule has 0 aromatic heterocycles. The molecule has 2 aliphatic heterocycles.